The van der Waals surface area contributed by atoms with Gasteiger partial charge in [0.15, 0.2) is 0 Å². The highest BCUT2D eigenvalue weighted by molar-refractivity contribution is 9.10. The standard InChI is InChI=1S/C18H22BrN/c1-5-14-6-8-15(9-7-14)18(20-4)16-10-13(3)17(19)11-12(16)2/h6-11,18,20H,5H2,1-4H3. The first-order valence-corrected chi connectivity index (χ1v) is 7.88. The second-order valence-electron chi connectivity index (χ2n) is 5.27. The molecule has 0 bridgehead atoms. The van der Waals surface area contributed by atoms with E-state index in [-0.39, 0.29) is 6.04 Å². The van der Waals surface area contributed by atoms with E-state index in [0.29, 0.717) is 0 Å². The zero-order valence-electron chi connectivity index (χ0n) is 12.6. The fraction of sp³-hybridized carbons (Fsp3) is 0.333. The van der Waals surface area contributed by atoms with Crippen LogP contribution in [0.1, 0.15) is 40.8 Å². The second kappa shape index (κ2) is 6.55. The topological polar surface area (TPSA) is 12.0 Å². The van der Waals surface area contributed by atoms with E-state index >= 15 is 0 Å². The monoisotopic (exact) mass is 331 g/mol. The second-order valence-corrected chi connectivity index (χ2v) is 6.13. The summed E-state index contributed by atoms with van der Waals surface area (Å²) < 4.78 is 1.18. The summed E-state index contributed by atoms with van der Waals surface area (Å²) in [5.41, 5.74) is 6.62. The Bertz CT molecular complexity index is 587. The van der Waals surface area contributed by atoms with Crippen molar-refractivity contribution in [2.24, 2.45) is 0 Å². The van der Waals surface area contributed by atoms with Gasteiger partial charge >= 0.3 is 0 Å². The van der Waals surface area contributed by atoms with Gasteiger partial charge in [0.05, 0.1) is 6.04 Å². The number of benzene rings is 2. The van der Waals surface area contributed by atoms with Crippen molar-refractivity contribution in [3.8, 4) is 0 Å². The van der Waals surface area contributed by atoms with E-state index in [9.17, 15) is 0 Å². The Labute approximate surface area is 130 Å². The van der Waals surface area contributed by atoms with Gasteiger partial charge in [0.2, 0.25) is 0 Å². The molecule has 2 heteroatoms. The van der Waals surface area contributed by atoms with E-state index in [2.05, 4.69) is 78.4 Å². The summed E-state index contributed by atoms with van der Waals surface area (Å²) in [5, 5.41) is 3.44. The summed E-state index contributed by atoms with van der Waals surface area (Å²) in [7, 11) is 2.02. The minimum Gasteiger partial charge on any atom is -0.309 e. The maximum Gasteiger partial charge on any atom is 0.0577 e. The van der Waals surface area contributed by atoms with Gasteiger partial charge in [-0.2, -0.15) is 0 Å². The molecular formula is C18H22BrN. The minimum atomic E-state index is 0.243. The summed E-state index contributed by atoms with van der Waals surface area (Å²) in [5.74, 6) is 0. The lowest BCUT2D eigenvalue weighted by Gasteiger charge is -2.21. The van der Waals surface area contributed by atoms with Crippen molar-refractivity contribution < 1.29 is 0 Å². The van der Waals surface area contributed by atoms with Crippen molar-refractivity contribution in [2.75, 3.05) is 7.05 Å². The van der Waals surface area contributed by atoms with Gasteiger partial charge in [0.1, 0.15) is 0 Å². The number of rotatable bonds is 4. The number of nitrogens with one attached hydrogen (secondary N) is 1. The summed E-state index contributed by atoms with van der Waals surface area (Å²) >= 11 is 3.61. The predicted molar refractivity (Wildman–Crippen MR) is 90.3 cm³/mol. The van der Waals surface area contributed by atoms with Gasteiger partial charge in [-0.25, -0.2) is 0 Å². The molecule has 1 nitrogen and oxygen atoms in total. The first-order valence-electron chi connectivity index (χ1n) is 7.09. The molecule has 0 fully saturated rings. The van der Waals surface area contributed by atoms with Crippen LogP contribution in [0.25, 0.3) is 0 Å². The van der Waals surface area contributed by atoms with Crippen molar-refractivity contribution in [3.05, 3.63) is 68.7 Å². The molecule has 0 aromatic heterocycles. The SMILES string of the molecule is CCc1ccc(C(NC)c2cc(C)c(Br)cc2C)cc1. The average Bonchev–Trinajstić information content (AvgIpc) is 2.46. The third-order valence-electron chi connectivity index (χ3n) is 3.87. The van der Waals surface area contributed by atoms with Crippen molar-refractivity contribution in [2.45, 2.75) is 33.2 Å². The molecule has 0 amide bonds. The number of halogens is 1. The zero-order chi connectivity index (χ0) is 14.7. The maximum absolute atomic E-state index is 3.61. The molecule has 0 aliphatic heterocycles. The molecule has 0 aliphatic carbocycles. The number of hydrogen-bond donors (Lipinski definition) is 1. The van der Waals surface area contributed by atoms with E-state index in [1.165, 1.54) is 32.3 Å². The van der Waals surface area contributed by atoms with Crippen LogP contribution in [0.4, 0.5) is 0 Å². The highest BCUT2D eigenvalue weighted by atomic mass is 79.9. The van der Waals surface area contributed by atoms with Crippen LogP contribution in [0.2, 0.25) is 0 Å². The normalized spacial score (nSPS) is 12.4. The van der Waals surface area contributed by atoms with Crippen LogP contribution >= 0.6 is 15.9 Å². The summed E-state index contributed by atoms with van der Waals surface area (Å²) in [6.45, 7) is 6.50. The van der Waals surface area contributed by atoms with E-state index in [1.807, 2.05) is 7.05 Å². The van der Waals surface area contributed by atoms with Crippen molar-refractivity contribution >= 4 is 15.9 Å². The van der Waals surface area contributed by atoms with Crippen molar-refractivity contribution in [1.29, 1.82) is 0 Å². The van der Waals surface area contributed by atoms with Gasteiger partial charge in [-0.1, -0.05) is 53.2 Å². The summed E-state index contributed by atoms with van der Waals surface area (Å²) in [6.07, 6.45) is 1.08. The maximum atomic E-state index is 3.61. The minimum absolute atomic E-state index is 0.243. The van der Waals surface area contributed by atoms with Crippen LogP contribution in [0.15, 0.2) is 40.9 Å². The molecule has 1 unspecified atom stereocenters. The van der Waals surface area contributed by atoms with Gasteiger partial charge in [-0.05, 0) is 61.2 Å². The van der Waals surface area contributed by atoms with Gasteiger partial charge in [0.25, 0.3) is 0 Å². The largest absolute Gasteiger partial charge is 0.309 e. The molecule has 2 aromatic rings. The Morgan fingerprint density at radius 3 is 2.25 bits per heavy atom. The highest BCUT2D eigenvalue weighted by Gasteiger charge is 2.15. The summed E-state index contributed by atoms with van der Waals surface area (Å²) in [4.78, 5) is 0. The predicted octanol–water partition coefficient (Wildman–Crippen LogP) is 4.94. The van der Waals surface area contributed by atoms with Crippen LogP contribution < -0.4 is 5.32 Å². The van der Waals surface area contributed by atoms with Crippen molar-refractivity contribution in [1.82, 2.24) is 5.32 Å². The lowest BCUT2D eigenvalue weighted by Crippen LogP contribution is -2.19. The van der Waals surface area contributed by atoms with E-state index in [4.69, 9.17) is 0 Å². The lowest BCUT2D eigenvalue weighted by atomic mass is 9.93. The first-order chi connectivity index (χ1) is 9.56. The molecule has 0 radical (unpaired) electrons. The number of hydrogen-bond acceptors (Lipinski definition) is 1. The molecule has 1 atom stereocenters. The molecule has 0 saturated carbocycles. The fourth-order valence-corrected chi connectivity index (χ4v) is 3.02. The Hall–Kier alpha value is -1.12. The van der Waals surface area contributed by atoms with Crippen LogP contribution in [-0.4, -0.2) is 7.05 Å². The molecule has 2 rings (SSSR count). The first kappa shape index (κ1) is 15.3. The average molecular weight is 332 g/mol. The molecule has 0 aliphatic rings. The quantitative estimate of drug-likeness (QED) is 0.836. The third-order valence-corrected chi connectivity index (χ3v) is 4.72. The molecule has 1 N–H and O–H groups in total. The van der Waals surface area contributed by atoms with E-state index in [1.54, 1.807) is 0 Å². The zero-order valence-corrected chi connectivity index (χ0v) is 14.2. The van der Waals surface area contributed by atoms with Crippen LogP contribution in [0.3, 0.4) is 0 Å². The van der Waals surface area contributed by atoms with Gasteiger partial charge in [-0.3, -0.25) is 0 Å². The van der Waals surface area contributed by atoms with Gasteiger partial charge < -0.3 is 5.32 Å². The number of aryl methyl sites for hydroxylation is 3. The van der Waals surface area contributed by atoms with Crippen LogP contribution in [-0.2, 0) is 6.42 Å². The molecule has 0 saturated heterocycles. The molecule has 106 valence electrons. The summed E-state index contributed by atoms with van der Waals surface area (Å²) in [6, 6.07) is 13.6. The molecule has 2 aromatic carbocycles. The Morgan fingerprint density at radius 1 is 1.05 bits per heavy atom. The fourth-order valence-electron chi connectivity index (χ4n) is 2.56. The Balaban J connectivity index is 2.43. The van der Waals surface area contributed by atoms with Crippen molar-refractivity contribution in [3.63, 3.8) is 0 Å². The molecular weight excluding hydrogens is 310 g/mol. The molecule has 20 heavy (non-hydrogen) atoms. The lowest BCUT2D eigenvalue weighted by molar-refractivity contribution is 0.686. The smallest absolute Gasteiger partial charge is 0.0577 e. The van der Waals surface area contributed by atoms with Gasteiger partial charge in [-0.15, -0.1) is 0 Å². The highest BCUT2D eigenvalue weighted by Crippen LogP contribution is 2.29. The van der Waals surface area contributed by atoms with Crippen LogP contribution in [0.5, 0.6) is 0 Å². The molecule has 0 spiro atoms. The Morgan fingerprint density at radius 2 is 1.70 bits per heavy atom. The van der Waals surface area contributed by atoms with E-state index < -0.39 is 0 Å². The third kappa shape index (κ3) is 3.13. The van der Waals surface area contributed by atoms with Crippen LogP contribution in [0, 0.1) is 13.8 Å². The van der Waals surface area contributed by atoms with E-state index in [0.717, 1.165) is 6.42 Å². The molecule has 0 heterocycles. The Kier molecular flexibility index (Phi) is 5.00. The van der Waals surface area contributed by atoms with Gasteiger partial charge in [0, 0.05) is 4.47 Å².